The molecule has 6 nitrogen and oxygen atoms in total. The number of likely N-dealkylation sites (N-methyl/N-ethyl adjacent to an activating group) is 1. The highest BCUT2D eigenvalue weighted by Crippen LogP contribution is 2.32. The molecule has 1 heterocycles. The molecule has 0 saturated heterocycles. The van der Waals surface area contributed by atoms with Crippen LogP contribution in [0.25, 0.3) is 11.1 Å². The van der Waals surface area contributed by atoms with Crippen LogP contribution in [0, 0.1) is 12.7 Å². The molecule has 254 valence electrons. The number of hydrogen-bond donors (Lipinski definition) is 0. The zero-order chi connectivity index (χ0) is 46.0. The second kappa shape index (κ2) is 15.5. The van der Waals surface area contributed by atoms with Gasteiger partial charge < -0.3 is 14.4 Å². The molecular formula is C37H40F4N4O2S. The highest BCUT2D eigenvalue weighted by molar-refractivity contribution is 7.98. The summed E-state index contributed by atoms with van der Waals surface area (Å²) in [5.74, 6) is -2.46. The van der Waals surface area contributed by atoms with Gasteiger partial charge in [-0.25, -0.2) is 4.39 Å². The molecule has 0 aliphatic heterocycles. The van der Waals surface area contributed by atoms with Crippen LogP contribution in [0.2, 0.25) is 0 Å². The van der Waals surface area contributed by atoms with E-state index in [2.05, 4.69) is 4.98 Å². The minimum absolute atomic E-state index is 0.00215. The maximum atomic E-state index is 15.0. The summed E-state index contributed by atoms with van der Waals surface area (Å²) in [6.45, 7) is -10.5. The summed E-state index contributed by atoms with van der Waals surface area (Å²) in [4.78, 5) is 33.0. The fourth-order valence-corrected chi connectivity index (χ4v) is 5.76. The Balaban J connectivity index is 1.72. The molecule has 0 atom stereocenters. The van der Waals surface area contributed by atoms with Gasteiger partial charge in [-0.1, -0.05) is 68.0 Å². The SMILES string of the molecule is [2H]c1c([2H])c(C([2H])([2H])N(CCN(C([2H])([2H])C)C([2H])([2H])C)C(=O)C([2H])([2H])n2c(SC([2H])([2H])c3ccc(F)cc3)nc(=O)c3c2CCC3)c([2H])c(C)c1-c1ccc(C(F)(F)F)cc1. The predicted octanol–water partition coefficient (Wildman–Crippen LogP) is 7.53. The Morgan fingerprint density at radius 2 is 1.73 bits per heavy atom. The van der Waals surface area contributed by atoms with Gasteiger partial charge >= 0.3 is 6.18 Å². The molecule has 48 heavy (non-hydrogen) atoms. The number of carbonyl (C=O) groups excluding carboxylic acids is 1. The molecule has 0 N–H and O–H groups in total. The third-order valence-electron chi connectivity index (χ3n) is 7.50. The van der Waals surface area contributed by atoms with E-state index in [9.17, 15) is 32.6 Å². The molecule has 3 aromatic carbocycles. The predicted molar refractivity (Wildman–Crippen MR) is 181 cm³/mol. The van der Waals surface area contributed by atoms with Crippen molar-refractivity contribution >= 4 is 17.7 Å². The summed E-state index contributed by atoms with van der Waals surface area (Å²) in [5.41, 5.74) is -5.97. The standard InChI is InChI=1S/C37H40F4N4O2S/c1-4-43(5-2)19-20-44(22-27-11-18-31(25(3)21-27)28-12-14-29(15-13-28)37(39,40)41)34(46)23-45-33-8-6-7-32(33)35(47)42-36(45)48-24-26-9-16-30(38)17-10-26/h9-18,21H,4-8,19-20,22-24H2,1-3H3/i4D2,5D2,11D,18D,21D,22D2,23D2,24D2. The van der Waals surface area contributed by atoms with Crippen LogP contribution in [0.5, 0.6) is 0 Å². The van der Waals surface area contributed by atoms with Crippen molar-refractivity contribution in [1.29, 1.82) is 0 Å². The Hall–Kier alpha value is -3.96. The minimum Gasteiger partial charge on any atom is -0.336 e. The molecular weight excluding hydrogens is 640 g/mol. The monoisotopic (exact) mass is 693 g/mol. The van der Waals surface area contributed by atoms with Gasteiger partial charge in [0, 0.05) is 44.8 Å². The van der Waals surface area contributed by atoms with Gasteiger partial charge in [0.1, 0.15) is 12.3 Å². The largest absolute Gasteiger partial charge is 0.416 e. The van der Waals surface area contributed by atoms with Gasteiger partial charge in [-0.2, -0.15) is 18.2 Å². The van der Waals surface area contributed by atoms with Crippen LogP contribution in [0.15, 0.2) is 76.6 Å². The van der Waals surface area contributed by atoms with Gasteiger partial charge in [-0.3, -0.25) is 9.59 Å². The maximum Gasteiger partial charge on any atom is 0.416 e. The first-order valence-corrected chi connectivity index (χ1v) is 15.6. The lowest BCUT2D eigenvalue weighted by Gasteiger charge is -2.28. The topological polar surface area (TPSA) is 58.4 Å². The fraction of sp³-hybridized carbons (Fsp3) is 0.378. The van der Waals surface area contributed by atoms with Crippen LogP contribution < -0.4 is 5.56 Å². The van der Waals surface area contributed by atoms with Crippen LogP contribution in [0.3, 0.4) is 0 Å². The van der Waals surface area contributed by atoms with Gasteiger partial charge in [-0.15, -0.1) is 0 Å². The third kappa shape index (κ3) is 8.54. The molecule has 1 aliphatic rings. The number of nitrogens with zero attached hydrogens (tertiary/aromatic N) is 4. The van der Waals surface area contributed by atoms with Crippen molar-refractivity contribution in [2.45, 2.75) is 70.1 Å². The van der Waals surface area contributed by atoms with Crippen molar-refractivity contribution < 1.29 is 40.2 Å². The first kappa shape index (κ1) is 21.9. The van der Waals surface area contributed by atoms with Crippen molar-refractivity contribution in [2.75, 3.05) is 26.1 Å². The number of alkyl halides is 3. The normalized spacial score (nSPS) is 18.3. The molecule has 0 spiro atoms. The van der Waals surface area contributed by atoms with Crippen LogP contribution in [0.1, 0.15) is 71.6 Å². The van der Waals surface area contributed by atoms with E-state index < -0.39 is 103 Å². The van der Waals surface area contributed by atoms with E-state index >= 15 is 0 Å². The molecule has 1 amide bonds. The molecule has 0 unspecified atom stereocenters. The molecule has 0 bridgehead atoms. The molecule has 5 rings (SSSR count). The van der Waals surface area contributed by atoms with E-state index in [1.165, 1.54) is 6.92 Å². The van der Waals surface area contributed by atoms with E-state index in [0.717, 1.165) is 62.4 Å². The molecule has 0 radical (unpaired) electrons. The number of aromatic nitrogens is 2. The van der Waals surface area contributed by atoms with Crippen molar-refractivity contribution in [3.63, 3.8) is 0 Å². The lowest BCUT2D eigenvalue weighted by atomic mass is 9.97. The summed E-state index contributed by atoms with van der Waals surface area (Å²) in [5, 5.41) is -0.664. The molecule has 0 saturated carbocycles. The average molecular weight is 694 g/mol. The number of fused-ring (bicyclic) bond motifs is 1. The van der Waals surface area contributed by atoms with Crippen LogP contribution in [0.4, 0.5) is 17.6 Å². The number of rotatable bonds is 13. The summed E-state index contributed by atoms with van der Waals surface area (Å²) in [6.07, 6.45) is -4.34. The Morgan fingerprint density at radius 3 is 2.40 bits per heavy atom. The smallest absolute Gasteiger partial charge is 0.336 e. The molecule has 1 aromatic heterocycles. The average Bonchev–Trinajstić information content (AvgIpc) is 3.61. The number of thioether (sulfide) groups is 1. The van der Waals surface area contributed by atoms with Crippen molar-refractivity contribution in [3.8, 4) is 11.1 Å². The van der Waals surface area contributed by atoms with Crippen molar-refractivity contribution in [2.24, 2.45) is 0 Å². The Labute approximate surface area is 301 Å². The second-order valence-electron chi connectivity index (χ2n) is 10.6. The summed E-state index contributed by atoms with van der Waals surface area (Å²) in [6, 6.07) is 5.09. The van der Waals surface area contributed by atoms with E-state index in [1.807, 2.05) is 0 Å². The number of carbonyl (C=O) groups is 1. The maximum absolute atomic E-state index is 15.0. The Kier molecular flexibility index (Phi) is 7.07. The second-order valence-corrected chi connectivity index (χ2v) is 11.4. The molecule has 0 fully saturated rings. The third-order valence-corrected chi connectivity index (χ3v) is 8.29. The van der Waals surface area contributed by atoms with Crippen molar-refractivity contribution in [3.05, 3.63) is 116 Å². The first-order chi connectivity index (χ1) is 27.8. The molecule has 11 heteroatoms. The van der Waals surface area contributed by atoms with Gasteiger partial charge in [0.05, 0.1) is 15.2 Å². The van der Waals surface area contributed by atoms with Crippen LogP contribution in [-0.4, -0.2) is 51.3 Å². The highest BCUT2D eigenvalue weighted by atomic mass is 32.2. The number of benzene rings is 3. The summed E-state index contributed by atoms with van der Waals surface area (Å²) >= 11 is 0.211. The summed E-state index contributed by atoms with van der Waals surface area (Å²) < 4.78 is 169. The van der Waals surface area contributed by atoms with Crippen LogP contribution in [-0.2, 0) is 42.5 Å². The highest BCUT2D eigenvalue weighted by Gasteiger charge is 2.30. The van der Waals surface area contributed by atoms with Gasteiger partial charge in [0.15, 0.2) is 5.16 Å². The van der Waals surface area contributed by atoms with E-state index in [0.29, 0.717) is 9.47 Å². The van der Waals surface area contributed by atoms with Gasteiger partial charge in [-0.05, 0) is 91.3 Å². The fourth-order valence-electron chi connectivity index (χ4n) is 5.04. The van der Waals surface area contributed by atoms with Gasteiger partial charge in [0.25, 0.3) is 5.56 Å². The minimum atomic E-state index is -4.71. The van der Waals surface area contributed by atoms with E-state index in [-0.39, 0.29) is 69.4 Å². The van der Waals surface area contributed by atoms with E-state index in [1.54, 1.807) is 0 Å². The Bertz CT molecular complexity index is 2340. The lowest BCUT2D eigenvalue weighted by molar-refractivity contribution is -0.137. The number of amides is 1. The van der Waals surface area contributed by atoms with Crippen molar-refractivity contribution in [1.82, 2.24) is 19.4 Å². The number of halogens is 4. The quantitative estimate of drug-likeness (QED) is 0.0824. The van der Waals surface area contributed by atoms with Crippen LogP contribution >= 0.6 is 11.8 Å². The number of hydrogen-bond acceptors (Lipinski definition) is 5. The Morgan fingerprint density at radius 1 is 1.02 bits per heavy atom. The van der Waals surface area contributed by atoms with Gasteiger partial charge in [0.2, 0.25) is 5.91 Å². The first-order valence-electron chi connectivity index (χ1n) is 21.3. The van der Waals surface area contributed by atoms with E-state index in [4.69, 9.17) is 12.3 Å². The zero-order valence-corrected chi connectivity index (χ0v) is 27.0. The lowest BCUT2D eigenvalue weighted by Crippen LogP contribution is -2.40. The summed E-state index contributed by atoms with van der Waals surface area (Å²) in [7, 11) is 0. The zero-order valence-electron chi connectivity index (χ0n) is 39.2. The molecule has 1 aliphatic carbocycles. The molecule has 4 aromatic rings.